The van der Waals surface area contributed by atoms with Gasteiger partial charge in [-0.1, -0.05) is 12.1 Å². The van der Waals surface area contributed by atoms with Crippen molar-refractivity contribution in [2.75, 3.05) is 26.7 Å². The summed E-state index contributed by atoms with van der Waals surface area (Å²) in [5, 5.41) is 10.9. The molecule has 0 saturated carbocycles. The molecule has 0 radical (unpaired) electrons. The van der Waals surface area contributed by atoms with Gasteiger partial charge in [0.05, 0.1) is 18.0 Å². The number of carbonyl (C=O) groups is 2. The van der Waals surface area contributed by atoms with E-state index < -0.39 is 11.0 Å². The van der Waals surface area contributed by atoms with Gasteiger partial charge >= 0.3 is 6.09 Å². The minimum atomic E-state index is -0.447. The summed E-state index contributed by atoms with van der Waals surface area (Å²) in [6, 6.07) is 6.30. The zero-order valence-corrected chi connectivity index (χ0v) is 14.5. The Balaban J connectivity index is 2.06. The third-order valence-electron chi connectivity index (χ3n) is 4.39. The maximum atomic E-state index is 12.8. The number of amides is 2. The van der Waals surface area contributed by atoms with Crippen LogP contribution in [0.1, 0.15) is 25.3 Å². The summed E-state index contributed by atoms with van der Waals surface area (Å²) in [5.41, 5.74) is 0.723. The quantitative estimate of drug-likeness (QED) is 0.601. The number of hydrogen-bond acceptors (Lipinski definition) is 5. The number of non-ortho nitro benzene ring substituents is 1. The highest BCUT2D eigenvalue weighted by molar-refractivity contribution is 5.80. The zero-order chi connectivity index (χ0) is 18.4. The van der Waals surface area contributed by atoms with E-state index in [9.17, 15) is 19.7 Å². The molecule has 0 N–H and O–H groups in total. The highest BCUT2D eigenvalue weighted by Gasteiger charge is 2.31. The first kappa shape index (κ1) is 18.7. The topological polar surface area (TPSA) is 93.0 Å². The van der Waals surface area contributed by atoms with Gasteiger partial charge in [0.15, 0.2) is 0 Å². The van der Waals surface area contributed by atoms with Crippen LogP contribution < -0.4 is 0 Å². The summed E-state index contributed by atoms with van der Waals surface area (Å²) < 4.78 is 4.73. The van der Waals surface area contributed by atoms with E-state index >= 15 is 0 Å². The van der Waals surface area contributed by atoms with Crippen LogP contribution in [0.4, 0.5) is 10.5 Å². The number of piperidine rings is 1. The summed E-state index contributed by atoms with van der Waals surface area (Å²) in [4.78, 5) is 38.2. The van der Waals surface area contributed by atoms with Crippen LogP contribution >= 0.6 is 0 Å². The van der Waals surface area contributed by atoms with E-state index in [1.54, 1.807) is 21.9 Å². The molecular formula is C17H23N3O5. The van der Waals surface area contributed by atoms with Gasteiger partial charge in [0.25, 0.3) is 5.69 Å². The number of ether oxygens (including phenoxy) is 1. The number of carbonyl (C=O) groups excluding carboxylic acids is 2. The van der Waals surface area contributed by atoms with Crippen LogP contribution in [0.15, 0.2) is 24.3 Å². The van der Waals surface area contributed by atoms with Gasteiger partial charge in [0.1, 0.15) is 0 Å². The summed E-state index contributed by atoms with van der Waals surface area (Å²) in [7, 11) is 1.33. The van der Waals surface area contributed by atoms with E-state index in [1.165, 1.54) is 19.2 Å². The fourth-order valence-corrected chi connectivity index (χ4v) is 3.07. The van der Waals surface area contributed by atoms with Crippen molar-refractivity contribution in [2.24, 2.45) is 5.92 Å². The number of hydrogen-bond donors (Lipinski definition) is 0. The van der Waals surface area contributed by atoms with E-state index in [4.69, 9.17) is 4.74 Å². The molecule has 8 heteroatoms. The SMILES string of the molecule is CCN(Cc1cccc([N+](=O)[O-])c1)C(=O)C1CCCN(C(=O)OC)C1. The number of rotatable bonds is 5. The van der Waals surface area contributed by atoms with E-state index in [2.05, 4.69) is 0 Å². The summed E-state index contributed by atoms with van der Waals surface area (Å²) in [6.45, 7) is 3.61. The summed E-state index contributed by atoms with van der Waals surface area (Å²) in [6.07, 6.45) is 1.05. The molecule has 2 amide bonds. The predicted molar refractivity (Wildman–Crippen MR) is 90.9 cm³/mol. The molecule has 1 saturated heterocycles. The minimum Gasteiger partial charge on any atom is -0.453 e. The second-order valence-electron chi connectivity index (χ2n) is 6.03. The largest absolute Gasteiger partial charge is 0.453 e. The molecule has 1 unspecified atom stereocenters. The zero-order valence-electron chi connectivity index (χ0n) is 14.5. The molecule has 0 aromatic heterocycles. The van der Waals surface area contributed by atoms with Crippen molar-refractivity contribution in [3.8, 4) is 0 Å². The lowest BCUT2D eigenvalue weighted by Gasteiger charge is -2.34. The Hall–Kier alpha value is -2.64. The average Bonchev–Trinajstić information content (AvgIpc) is 2.65. The molecule has 1 heterocycles. The van der Waals surface area contributed by atoms with Gasteiger partial charge in [-0.25, -0.2) is 4.79 Å². The molecule has 8 nitrogen and oxygen atoms in total. The highest BCUT2D eigenvalue weighted by atomic mass is 16.6. The molecule has 25 heavy (non-hydrogen) atoms. The van der Waals surface area contributed by atoms with E-state index in [0.29, 0.717) is 31.7 Å². The standard InChI is InChI=1S/C17H23N3O5/c1-3-18(11-13-6-4-8-15(10-13)20(23)24)16(21)14-7-5-9-19(12-14)17(22)25-2/h4,6,8,10,14H,3,5,7,9,11-12H2,1-2H3. The Bertz CT molecular complexity index is 649. The molecule has 0 bridgehead atoms. The maximum Gasteiger partial charge on any atom is 0.409 e. The Kier molecular flexibility index (Phi) is 6.32. The lowest BCUT2D eigenvalue weighted by molar-refractivity contribution is -0.384. The number of benzene rings is 1. The van der Waals surface area contributed by atoms with Crippen molar-refractivity contribution < 1.29 is 19.2 Å². The number of nitrogens with zero attached hydrogens (tertiary/aromatic N) is 3. The van der Waals surface area contributed by atoms with Crippen LogP contribution in [0.25, 0.3) is 0 Å². The van der Waals surface area contributed by atoms with Crippen LogP contribution in [0.5, 0.6) is 0 Å². The Morgan fingerprint density at radius 1 is 1.44 bits per heavy atom. The minimum absolute atomic E-state index is 0.00975. The molecule has 1 aromatic carbocycles. The van der Waals surface area contributed by atoms with Crippen molar-refractivity contribution in [1.82, 2.24) is 9.80 Å². The molecule has 1 atom stereocenters. The lowest BCUT2D eigenvalue weighted by atomic mass is 9.96. The van der Waals surface area contributed by atoms with Gasteiger partial charge in [-0.05, 0) is 25.3 Å². The predicted octanol–water partition coefficient (Wildman–Crippen LogP) is 2.42. The molecule has 0 aliphatic carbocycles. The molecule has 2 rings (SSSR count). The van der Waals surface area contributed by atoms with E-state index in [1.807, 2.05) is 6.92 Å². The van der Waals surface area contributed by atoms with Crippen LogP contribution in [-0.4, -0.2) is 53.5 Å². The third kappa shape index (κ3) is 4.68. The molecule has 1 aliphatic rings. The first-order valence-corrected chi connectivity index (χ1v) is 8.31. The van der Waals surface area contributed by atoms with Gasteiger partial charge in [-0.2, -0.15) is 0 Å². The average molecular weight is 349 g/mol. The molecule has 1 fully saturated rings. The Morgan fingerprint density at radius 3 is 2.84 bits per heavy atom. The number of likely N-dealkylation sites (tertiary alicyclic amines) is 1. The monoisotopic (exact) mass is 349 g/mol. The first-order chi connectivity index (χ1) is 12.0. The summed E-state index contributed by atoms with van der Waals surface area (Å²) in [5.74, 6) is -0.311. The Labute approximate surface area is 146 Å². The fourth-order valence-electron chi connectivity index (χ4n) is 3.07. The highest BCUT2D eigenvalue weighted by Crippen LogP contribution is 2.21. The van der Waals surface area contributed by atoms with Gasteiger partial charge in [-0.15, -0.1) is 0 Å². The van der Waals surface area contributed by atoms with Crippen molar-refractivity contribution in [3.05, 3.63) is 39.9 Å². The second kappa shape index (κ2) is 8.46. The molecule has 136 valence electrons. The normalized spacial score (nSPS) is 17.0. The van der Waals surface area contributed by atoms with Crippen LogP contribution in [0.3, 0.4) is 0 Å². The van der Waals surface area contributed by atoms with Gasteiger partial charge < -0.3 is 14.5 Å². The van der Waals surface area contributed by atoms with Crippen molar-refractivity contribution >= 4 is 17.7 Å². The number of nitro groups is 1. The number of nitro benzene ring substituents is 1. The molecular weight excluding hydrogens is 326 g/mol. The third-order valence-corrected chi connectivity index (χ3v) is 4.39. The smallest absolute Gasteiger partial charge is 0.409 e. The fraction of sp³-hybridized carbons (Fsp3) is 0.529. The van der Waals surface area contributed by atoms with Crippen LogP contribution in [0.2, 0.25) is 0 Å². The maximum absolute atomic E-state index is 12.8. The first-order valence-electron chi connectivity index (χ1n) is 8.31. The Morgan fingerprint density at radius 2 is 2.20 bits per heavy atom. The summed E-state index contributed by atoms with van der Waals surface area (Å²) >= 11 is 0. The van der Waals surface area contributed by atoms with Gasteiger partial charge in [0, 0.05) is 38.3 Å². The van der Waals surface area contributed by atoms with E-state index in [0.717, 1.165) is 12.8 Å². The molecule has 1 aliphatic heterocycles. The van der Waals surface area contributed by atoms with Crippen LogP contribution in [0, 0.1) is 16.0 Å². The van der Waals surface area contributed by atoms with Crippen molar-refractivity contribution in [1.29, 1.82) is 0 Å². The van der Waals surface area contributed by atoms with Gasteiger partial charge in [-0.3, -0.25) is 14.9 Å². The second-order valence-corrected chi connectivity index (χ2v) is 6.03. The van der Waals surface area contributed by atoms with Crippen molar-refractivity contribution in [3.63, 3.8) is 0 Å². The van der Waals surface area contributed by atoms with Crippen molar-refractivity contribution in [2.45, 2.75) is 26.3 Å². The van der Waals surface area contributed by atoms with Crippen LogP contribution in [-0.2, 0) is 16.1 Å². The van der Waals surface area contributed by atoms with Gasteiger partial charge in [0.2, 0.25) is 5.91 Å². The number of methoxy groups -OCH3 is 1. The lowest BCUT2D eigenvalue weighted by Crippen LogP contribution is -2.46. The molecule has 1 aromatic rings. The van der Waals surface area contributed by atoms with E-state index in [-0.39, 0.29) is 17.5 Å². The molecule has 0 spiro atoms.